The molecule has 7 nitrogen and oxygen atoms in total. The minimum Gasteiger partial charge on any atom is -0.455 e. The monoisotopic (exact) mass is 749 g/mol. The zero-order chi connectivity index (χ0) is 37.5. The summed E-state index contributed by atoms with van der Waals surface area (Å²) in [5.74, 6) is 2.35. The number of benzene rings is 7. The molecule has 0 fully saturated rings. The molecule has 7 aromatic carbocycles. The Morgan fingerprint density at radius 1 is 0.368 bits per heavy atom. The second-order valence-electron chi connectivity index (χ2n) is 14.0. The molecular weight excluding hydrogens is 723 g/mol. The zero-order valence-corrected chi connectivity index (χ0v) is 30.9. The molecule has 0 bridgehead atoms. The summed E-state index contributed by atoms with van der Waals surface area (Å²) in [5.41, 5.74) is 9.11. The molecule has 0 aliphatic rings. The first kappa shape index (κ1) is 31.8. The van der Waals surface area contributed by atoms with E-state index in [1.54, 1.807) is 11.3 Å². The van der Waals surface area contributed by atoms with Gasteiger partial charge in [-0.2, -0.15) is 0 Å². The van der Waals surface area contributed by atoms with Gasteiger partial charge < -0.3 is 8.83 Å². The fourth-order valence-corrected chi connectivity index (χ4v) is 9.21. The molecule has 0 saturated carbocycles. The van der Waals surface area contributed by atoms with Gasteiger partial charge in [0, 0.05) is 58.6 Å². The average molecular weight is 750 g/mol. The molecule has 0 saturated heterocycles. The van der Waals surface area contributed by atoms with Gasteiger partial charge in [0.15, 0.2) is 28.9 Å². The second-order valence-corrected chi connectivity index (χ2v) is 15.0. The van der Waals surface area contributed by atoms with Crippen LogP contribution in [0.3, 0.4) is 0 Å². The Morgan fingerprint density at radius 2 is 0.930 bits per heavy atom. The fourth-order valence-electron chi connectivity index (χ4n) is 7.97. The molecule has 12 rings (SSSR count). The Balaban J connectivity index is 1.09. The van der Waals surface area contributed by atoms with Crippen LogP contribution in [0.1, 0.15) is 0 Å². The quantitative estimate of drug-likeness (QED) is 0.173. The van der Waals surface area contributed by atoms with Gasteiger partial charge in [0.05, 0.1) is 5.56 Å². The highest BCUT2D eigenvalue weighted by Gasteiger charge is 2.23. The van der Waals surface area contributed by atoms with Crippen LogP contribution in [0, 0.1) is 0 Å². The molecule has 12 aromatic rings. The summed E-state index contributed by atoms with van der Waals surface area (Å²) in [4.78, 5) is 25.9. The first-order chi connectivity index (χ1) is 28.2. The molecule has 57 heavy (non-hydrogen) atoms. The third kappa shape index (κ3) is 5.01. The van der Waals surface area contributed by atoms with Crippen LogP contribution < -0.4 is 0 Å². The van der Waals surface area contributed by atoms with E-state index in [-0.39, 0.29) is 0 Å². The molecule has 0 N–H and O–H groups in total. The van der Waals surface area contributed by atoms with Crippen LogP contribution in [0.5, 0.6) is 0 Å². The minimum atomic E-state index is 0.545. The number of rotatable bonds is 5. The van der Waals surface area contributed by atoms with Crippen molar-refractivity contribution in [3.63, 3.8) is 0 Å². The Bertz CT molecular complexity index is 3540. The van der Waals surface area contributed by atoms with Gasteiger partial charge in [-0.3, -0.25) is 0 Å². The summed E-state index contributed by atoms with van der Waals surface area (Å²) in [7, 11) is 0. The molecule has 0 aliphatic heterocycles. The van der Waals surface area contributed by atoms with Gasteiger partial charge in [0.1, 0.15) is 28.0 Å². The molecule has 8 heteroatoms. The van der Waals surface area contributed by atoms with E-state index in [9.17, 15) is 0 Å². The van der Waals surface area contributed by atoms with Crippen molar-refractivity contribution >= 4 is 75.5 Å². The maximum atomic E-state index is 6.47. The number of fused-ring (bicyclic) bond motifs is 9. The predicted octanol–water partition coefficient (Wildman–Crippen LogP) is 13.2. The standard InChI is InChI=1S/C49H27N5O2S/c1-3-14-28(15-4-1)41-44-42(32-19-8-10-26-38(32)56-44)51-49(50-41)36-24-12-21-33-40-34(22-13-27-39(40)57-45(33)36)47-52-46(29-16-5-2-6-17-29)53-48(54-47)35-23-11-20-31-30-18-7-9-25-37(30)55-43(31)35/h1-27H. The number of aromatic nitrogens is 5. The van der Waals surface area contributed by atoms with Gasteiger partial charge in [-0.25, -0.2) is 24.9 Å². The van der Waals surface area contributed by atoms with Gasteiger partial charge in [-0.05, 0) is 36.4 Å². The third-order valence-corrected chi connectivity index (χ3v) is 11.8. The highest BCUT2D eigenvalue weighted by Crippen LogP contribution is 2.45. The number of nitrogens with zero attached hydrogens (tertiary/aromatic N) is 5. The summed E-state index contributed by atoms with van der Waals surface area (Å²) in [6.45, 7) is 0. The second kappa shape index (κ2) is 12.5. The van der Waals surface area contributed by atoms with Crippen molar-refractivity contribution in [2.24, 2.45) is 0 Å². The topological polar surface area (TPSA) is 90.7 Å². The van der Waals surface area contributed by atoms with Crippen LogP contribution in [0.25, 0.3) is 121 Å². The first-order valence-electron chi connectivity index (χ1n) is 18.7. The summed E-state index contributed by atoms with van der Waals surface area (Å²) >= 11 is 1.72. The smallest absolute Gasteiger partial charge is 0.180 e. The number of para-hydroxylation sites is 3. The fraction of sp³-hybridized carbons (Fsp3) is 0. The highest BCUT2D eigenvalue weighted by molar-refractivity contribution is 7.26. The van der Waals surface area contributed by atoms with Gasteiger partial charge in [0.2, 0.25) is 0 Å². The Hall–Kier alpha value is -7.55. The van der Waals surface area contributed by atoms with Gasteiger partial charge >= 0.3 is 0 Å². The van der Waals surface area contributed by atoms with Crippen molar-refractivity contribution in [2.75, 3.05) is 0 Å². The lowest BCUT2D eigenvalue weighted by Crippen LogP contribution is -2.00. The summed E-state index contributed by atoms with van der Waals surface area (Å²) in [6, 6.07) is 55.2. The van der Waals surface area contributed by atoms with Crippen molar-refractivity contribution < 1.29 is 8.83 Å². The van der Waals surface area contributed by atoms with Gasteiger partial charge in [0.25, 0.3) is 0 Å². The van der Waals surface area contributed by atoms with E-state index in [1.165, 1.54) is 0 Å². The summed E-state index contributed by atoms with van der Waals surface area (Å²) in [5, 5.41) is 5.17. The SMILES string of the molecule is c1ccc(-c2nc(-c3cccc4c3oc3ccccc34)nc(-c3cccc4sc5c(-c6nc(-c7ccccc7)c7oc8ccccc8c7n6)cccc5c34)n2)cc1. The zero-order valence-electron chi connectivity index (χ0n) is 30.0. The summed E-state index contributed by atoms with van der Waals surface area (Å²) in [6.07, 6.45) is 0. The largest absolute Gasteiger partial charge is 0.455 e. The van der Waals surface area contributed by atoms with Gasteiger partial charge in [-0.15, -0.1) is 11.3 Å². The summed E-state index contributed by atoms with van der Waals surface area (Å²) < 4.78 is 15.1. The lowest BCUT2D eigenvalue weighted by Gasteiger charge is -2.10. The number of thiophene rings is 1. The van der Waals surface area contributed by atoms with Crippen molar-refractivity contribution in [1.29, 1.82) is 0 Å². The Morgan fingerprint density at radius 3 is 1.74 bits per heavy atom. The molecule has 5 heterocycles. The number of hydrogen-bond acceptors (Lipinski definition) is 8. The molecule has 5 aromatic heterocycles. The van der Waals surface area contributed by atoms with Crippen LogP contribution in [0.4, 0.5) is 0 Å². The molecule has 0 atom stereocenters. The van der Waals surface area contributed by atoms with Crippen LogP contribution >= 0.6 is 11.3 Å². The van der Waals surface area contributed by atoms with Crippen molar-refractivity contribution in [3.05, 3.63) is 164 Å². The van der Waals surface area contributed by atoms with E-state index in [0.29, 0.717) is 28.9 Å². The van der Waals surface area contributed by atoms with Crippen LogP contribution in [0.15, 0.2) is 173 Å². The number of furan rings is 2. The van der Waals surface area contributed by atoms with Gasteiger partial charge in [-0.1, -0.05) is 127 Å². The lowest BCUT2D eigenvalue weighted by molar-refractivity contribution is 0.667. The molecule has 0 unspecified atom stereocenters. The van der Waals surface area contributed by atoms with Crippen molar-refractivity contribution in [1.82, 2.24) is 24.9 Å². The molecule has 0 spiro atoms. The Labute approximate surface area is 328 Å². The maximum absolute atomic E-state index is 6.47. The third-order valence-electron chi connectivity index (χ3n) is 10.6. The van der Waals surface area contributed by atoms with Crippen LogP contribution in [-0.4, -0.2) is 24.9 Å². The van der Waals surface area contributed by atoms with Crippen molar-refractivity contribution in [2.45, 2.75) is 0 Å². The van der Waals surface area contributed by atoms with E-state index < -0.39 is 0 Å². The highest BCUT2D eigenvalue weighted by atomic mass is 32.1. The molecule has 0 radical (unpaired) electrons. The molecular formula is C49H27N5O2S. The van der Waals surface area contributed by atoms with Crippen LogP contribution in [0.2, 0.25) is 0 Å². The molecule has 0 amide bonds. The van der Waals surface area contributed by atoms with E-state index in [2.05, 4.69) is 66.7 Å². The minimum absolute atomic E-state index is 0.545. The normalized spacial score (nSPS) is 11.9. The van der Waals surface area contributed by atoms with E-state index >= 15 is 0 Å². The predicted molar refractivity (Wildman–Crippen MR) is 230 cm³/mol. The van der Waals surface area contributed by atoms with Crippen molar-refractivity contribution in [3.8, 4) is 56.8 Å². The Kier molecular flexibility index (Phi) is 6.96. The average Bonchev–Trinajstić information content (AvgIpc) is 3.98. The number of hydrogen-bond donors (Lipinski definition) is 0. The lowest BCUT2D eigenvalue weighted by atomic mass is 10.0. The van der Waals surface area contributed by atoms with E-state index in [1.807, 2.05) is 97.1 Å². The van der Waals surface area contributed by atoms with E-state index in [0.717, 1.165) is 92.1 Å². The van der Waals surface area contributed by atoms with Crippen LogP contribution in [-0.2, 0) is 0 Å². The molecule has 266 valence electrons. The first-order valence-corrected chi connectivity index (χ1v) is 19.5. The van der Waals surface area contributed by atoms with E-state index in [4.69, 9.17) is 33.8 Å². The maximum Gasteiger partial charge on any atom is 0.180 e. The molecule has 0 aliphatic carbocycles.